The van der Waals surface area contributed by atoms with Gasteiger partial charge in [-0.1, -0.05) is 42.5 Å². The van der Waals surface area contributed by atoms with Crippen LogP contribution in [0.25, 0.3) is 0 Å². The van der Waals surface area contributed by atoms with Gasteiger partial charge >= 0.3 is 0 Å². The van der Waals surface area contributed by atoms with E-state index >= 15 is 0 Å². The standard InChI is InChI=1S/C18H20FNO2/c19-17-9-6-15(7-10-17)8-11-18(22)20(12-13-21)14-16-4-2-1-3-5-16/h1-7,9-10,21H,8,11-14H2. The summed E-state index contributed by atoms with van der Waals surface area (Å²) in [5, 5.41) is 9.14. The van der Waals surface area contributed by atoms with Crippen LogP contribution in [0.2, 0.25) is 0 Å². The molecule has 0 saturated heterocycles. The van der Waals surface area contributed by atoms with Crippen LogP contribution in [0.4, 0.5) is 4.39 Å². The van der Waals surface area contributed by atoms with E-state index in [-0.39, 0.29) is 18.3 Å². The molecule has 0 spiro atoms. The number of aliphatic hydroxyl groups is 1. The molecule has 0 unspecified atom stereocenters. The fourth-order valence-corrected chi connectivity index (χ4v) is 2.28. The summed E-state index contributed by atoms with van der Waals surface area (Å²) in [5.74, 6) is -0.289. The Kier molecular flexibility index (Phi) is 6.10. The van der Waals surface area contributed by atoms with Gasteiger partial charge in [0.15, 0.2) is 0 Å². The molecule has 2 rings (SSSR count). The highest BCUT2D eigenvalue weighted by molar-refractivity contribution is 5.76. The third kappa shape index (κ3) is 4.97. The molecule has 2 aromatic carbocycles. The fourth-order valence-electron chi connectivity index (χ4n) is 2.28. The third-order valence-corrected chi connectivity index (χ3v) is 3.48. The van der Waals surface area contributed by atoms with Crippen molar-refractivity contribution in [1.82, 2.24) is 4.90 Å². The molecule has 0 atom stereocenters. The summed E-state index contributed by atoms with van der Waals surface area (Å²) in [6.45, 7) is 0.746. The van der Waals surface area contributed by atoms with Crippen LogP contribution in [-0.2, 0) is 17.8 Å². The van der Waals surface area contributed by atoms with Gasteiger partial charge in [0.2, 0.25) is 5.91 Å². The lowest BCUT2D eigenvalue weighted by Crippen LogP contribution is -2.33. The Bertz CT molecular complexity index is 584. The van der Waals surface area contributed by atoms with Crippen LogP contribution in [0.3, 0.4) is 0 Å². The normalized spacial score (nSPS) is 10.5. The summed E-state index contributed by atoms with van der Waals surface area (Å²) in [6, 6.07) is 15.9. The lowest BCUT2D eigenvalue weighted by molar-refractivity contribution is -0.132. The largest absolute Gasteiger partial charge is 0.395 e. The van der Waals surface area contributed by atoms with Gasteiger partial charge in [-0.15, -0.1) is 0 Å². The molecule has 0 aliphatic heterocycles. The zero-order valence-electron chi connectivity index (χ0n) is 12.4. The maximum Gasteiger partial charge on any atom is 0.223 e. The van der Waals surface area contributed by atoms with Crippen LogP contribution in [0.5, 0.6) is 0 Å². The van der Waals surface area contributed by atoms with E-state index < -0.39 is 0 Å². The minimum atomic E-state index is -0.277. The maximum atomic E-state index is 12.9. The van der Waals surface area contributed by atoms with Gasteiger partial charge in [0.05, 0.1) is 6.61 Å². The Balaban J connectivity index is 1.93. The molecule has 0 fully saturated rings. The van der Waals surface area contributed by atoms with Gasteiger partial charge in [0.1, 0.15) is 5.82 Å². The monoisotopic (exact) mass is 301 g/mol. The zero-order valence-corrected chi connectivity index (χ0v) is 12.4. The molecule has 3 nitrogen and oxygen atoms in total. The highest BCUT2D eigenvalue weighted by Crippen LogP contribution is 2.10. The summed E-state index contributed by atoms with van der Waals surface area (Å²) < 4.78 is 12.9. The van der Waals surface area contributed by atoms with E-state index in [0.717, 1.165) is 11.1 Å². The molecule has 0 saturated carbocycles. The molecule has 0 bridgehead atoms. The van der Waals surface area contributed by atoms with E-state index in [9.17, 15) is 9.18 Å². The first-order valence-corrected chi connectivity index (χ1v) is 7.36. The predicted octanol–water partition coefficient (Wildman–Crippen LogP) is 2.78. The number of benzene rings is 2. The van der Waals surface area contributed by atoms with Crippen LogP contribution in [0.1, 0.15) is 17.5 Å². The first-order chi connectivity index (χ1) is 10.7. The highest BCUT2D eigenvalue weighted by atomic mass is 19.1. The lowest BCUT2D eigenvalue weighted by atomic mass is 10.1. The molecular formula is C18H20FNO2. The van der Waals surface area contributed by atoms with E-state index in [1.807, 2.05) is 30.3 Å². The van der Waals surface area contributed by atoms with Crippen molar-refractivity contribution >= 4 is 5.91 Å². The molecule has 1 N–H and O–H groups in total. The second-order valence-corrected chi connectivity index (χ2v) is 5.15. The van der Waals surface area contributed by atoms with Gasteiger partial charge in [-0.3, -0.25) is 4.79 Å². The van der Waals surface area contributed by atoms with Crippen LogP contribution >= 0.6 is 0 Å². The number of hydrogen-bond acceptors (Lipinski definition) is 2. The Labute approximate surface area is 130 Å². The first-order valence-electron chi connectivity index (χ1n) is 7.36. The summed E-state index contributed by atoms with van der Waals surface area (Å²) in [4.78, 5) is 14.0. The second kappa shape index (κ2) is 8.29. The average Bonchev–Trinajstić information content (AvgIpc) is 2.54. The van der Waals surface area contributed by atoms with Crippen molar-refractivity contribution in [2.45, 2.75) is 19.4 Å². The zero-order chi connectivity index (χ0) is 15.8. The number of amides is 1. The van der Waals surface area contributed by atoms with Gasteiger partial charge in [0, 0.05) is 19.5 Å². The van der Waals surface area contributed by atoms with Crippen LogP contribution in [-0.4, -0.2) is 29.1 Å². The molecule has 116 valence electrons. The van der Waals surface area contributed by atoms with Crippen molar-refractivity contribution in [3.05, 3.63) is 71.5 Å². The lowest BCUT2D eigenvalue weighted by Gasteiger charge is -2.22. The number of nitrogens with zero attached hydrogens (tertiary/aromatic N) is 1. The molecule has 22 heavy (non-hydrogen) atoms. The molecule has 0 aromatic heterocycles. The van der Waals surface area contributed by atoms with E-state index in [1.165, 1.54) is 12.1 Å². The van der Waals surface area contributed by atoms with Crippen molar-refractivity contribution in [3.63, 3.8) is 0 Å². The fraction of sp³-hybridized carbons (Fsp3) is 0.278. The maximum absolute atomic E-state index is 12.9. The number of aliphatic hydroxyl groups excluding tert-OH is 1. The summed E-state index contributed by atoms with van der Waals surface area (Å²) in [7, 11) is 0. The smallest absolute Gasteiger partial charge is 0.223 e. The minimum Gasteiger partial charge on any atom is -0.395 e. The topological polar surface area (TPSA) is 40.5 Å². The Morgan fingerprint density at radius 2 is 1.68 bits per heavy atom. The van der Waals surface area contributed by atoms with Gasteiger partial charge in [-0.25, -0.2) is 4.39 Å². The number of aryl methyl sites for hydroxylation is 1. The average molecular weight is 301 g/mol. The first kappa shape index (κ1) is 16.2. The Morgan fingerprint density at radius 1 is 1.00 bits per heavy atom. The quantitative estimate of drug-likeness (QED) is 0.854. The molecular weight excluding hydrogens is 281 g/mol. The van der Waals surface area contributed by atoms with Crippen molar-refractivity contribution < 1.29 is 14.3 Å². The highest BCUT2D eigenvalue weighted by Gasteiger charge is 2.13. The number of carbonyl (C=O) groups excluding carboxylic acids is 1. The van der Waals surface area contributed by atoms with Crippen molar-refractivity contribution in [1.29, 1.82) is 0 Å². The van der Waals surface area contributed by atoms with Crippen molar-refractivity contribution in [2.75, 3.05) is 13.2 Å². The molecule has 0 heterocycles. The Morgan fingerprint density at radius 3 is 2.32 bits per heavy atom. The van der Waals surface area contributed by atoms with Gasteiger partial charge in [-0.05, 0) is 29.7 Å². The van der Waals surface area contributed by atoms with Crippen molar-refractivity contribution in [2.24, 2.45) is 0 Å². The number of rotatable bonds is 7. The number of halogens is 1. The second-order valence-electron chi connectivity index (χ2n) is 5.15. The minimum absolute atomic E-state index is 0.0118. The Hall–Kier alpha value is -2.20. The van der Waals surface area contributed by atoms with Crippen molar-refractivity contribution in [3.8, 4) is 0 Å². The third-order valence-electron chi connectivity index (χ3n) is 3.48. The van der Waals surface area contributed by atoms with E-state index in [2.05, 4.69) is 0 Å². The molecule has 0 aliphatic rings. The van der Waals surface area contributed by atoms with E-state index in [4.69, 9.17) is 5.11 Å². The summed E-state index contributed by atoms with van der Waals surface area (Å²) >= 11 is 0. The van der Waals surface area contributed by atoms with Crippen LogP contribution < -0.4 is 0 Å². The van der Waals surface area contributed by atoms with E-state index in [1.54, 1.807) is 17.0 Å². The van der Waals surface area contributed by atoms with Gasteiger partial charge in [0.25, 0.3) is 0 Å². The van der Waals surface area contributed by atoms with E-state index in [0.29, 0.717) is 25.9 Å². The van der Waals surface area contributed by atoms with Crippen LogP contribution in [0, 0.1) is 5.82 Å². The predicted molar refractivity (Wildman–Crippen MR) is 83.7 cm³/mol. The number of hydrogen-bond donors (Lipinski definition) is 1. The van der Waals surface area contributed by atoms with Gasteiger partial charge in [-0.2, -0.15) is 0 Å². The number of carbonyl (C=O) groups is 1. The molecule has 1 amide bonds. The van der Waals surface area contributed by atoms with Crippen LogP contribution in [0.15, 0.2) is 54.6 Å². The molecule has 0 aliphatic carbocycles. The molecule has 4 heteroatoms. The molecule has 0 radical (unpaired) electrons. The van der Waals surface area contributed by atoms with Gasteiger partial charge < -0.3 is 10.0 Å². The summed E-state index contributed by atoms with van der Waals surface area (Å²) in [5.41, 5.74) is 1.96. The summed E-state index contributed by atoms with van der Waals surface area (Å²) in [6.07, 6.45) is 0.911. The molecule has 2 aromatic rings. The SMILES string of the molecule is O=C(CCc1ccc(F)cc1)N(CCO)Cc1ccccc1.